The van der Waals surface area contributed by atoms with Gasteiger partial charge in [0.05, 0.1) is 5.52 Å². The van der Waals surface area contributed by atoms with Gasteiger partial charge in [0.25, 0.3) is 5.56 Å². The van der Waals surface area contributed by atoms with Crippen LogP contribution in [-0.2, 0) is 17.2 Å². The molecule has 5 heteroatoms. The Bertz CT molecular complexity index is 703. The van der Waals surface area contributed by atoms with E-state index in [2.05, 4.69) is 0 Å². The maximum Gasteiger partial charge on any atom is 0.253 e. The molecule has 0 saturated heterocycles. The van der Waals surface area contributed by atoms with Crippen LogP contribution in [0.2, 0.25) is 0 Å². The predicted molar refractivity (Wildman–Crippen MR) is 69.6 cm³/mol. The summed E-state index contributed by atoms with van der Waals surface area (Å²) in [6.45, 7) is 1.78. The lowest BCUT2D eigenvalue weighted by Crippen LogP contribution is -2.30. The number of hydrogen-bond acceptors (Lipinski definition) is 3. The van der Waals surface area contributed by atoms with E-state index in [1.54, 1.807) is 12.1 Å². The van der Waals surface area contributed by atoms with Crippen LogP contribution in [0.15, 0.2) is 35.1 Å². The van der Waals surface area contributed by atoms with Gasteiger partial charge in [-0.2, -0.15) is 0 Å². The number of Topliss-reactive ketones (excluding diaryl/α,β-unsaturated/α-hetero) is 1. The van der Waals surface area contributed by atoms with E-state index in [0.29, 0.717) is 16.5 Å². The Balaban J connectivity index is 2.70. The van der Waals surface area contributed by atoms with Crippen LogP contribution in [0.1, 0.15) is 19.4 Å². The number of benzene rings is 1. The van der Waals surface area contributed by atoms with Crippen molar-refractivity contribution in [1.82, 2.24) is 4.57 Å². The second-order valence-electron chi connectivity index (χ2n) is 4.62. The summed E-state index contributed by atoms with van der Waals surface area (Å²) in [5.74, 6) is -0.384. The molecule has 0 spiro atoms. The van der Waals surface area contributed by atoms with Crippen molar-refractivity contribution in [2.75, 3.05) is 0 Å². The van der Waals surface area contributed by atoms with Crippen LogP contribution < -0.4 is 5.56 Å². The zero-order valence-electron chi connectivity index (χ0n) is 10.7. The summed E-state index contributed by atoms with van der Waals surface area (Å²) < 4.78 is 13.8. The number of halogens is 1. The molecule has 1 unspecified atom stereocenters. The first-order chi connectivity index (χ1) is 8.87. The van der Waals surface area contributed by atoms with Gasteiger partial charge < -0.3 is 5.11 Å². The Morgan fingerprint density at radius 1 is 1.37 bits per heavy atom. The van der Waals surface area contributed by atoms with Crippen LogP contribution >= 0.6 is 0 Å². The smallest absolute Gasteiger partial charge is 0.253 e. The number of carbonyl (C=O) groups is 1. The molecule has 1 aromatic carbocycles. The summed E-state index contributed by atoms with van der Waals surface area (Å²) in [6.07, 6.45) is 0. The molecule has 2 rings (SSSR count). The average Bonchev–Trinajstić information content (AvgIpc) is 2.37. The molecular formula is C14H14FNO3. The van der Waals surface area contributed by atoms with E-state index in [1.807, 2.05) is 0 Å². The van der Waals surface area contributed by atoms with E-state index >= 15 is 0 Å². The second kappa shape index (κ2) is 4.59. The molecule has 0 fully saturated rings. The number of alkyl halides is 1. The van der Waals surface area contributed by atoms with Crippen molar-refractivity contribution < 1.29 is 14.3 Å². The third-order valence-electron chi connectivity index (χ3n) is 3.36. The lowest BCUT2D eigenvalue weighted by Gasteiger charge is -2.21. The van der Waals surface area contributed by atoms with Gasteiger partial charge in [-0.25, -0.2) is 4.39 Å². The maximum atomic E-state index is 12.8. The molecule has 1 atom stereocenters. The largest absolute Gasteiger partial charge is 0.378 e. The Morgan fingerprint density at radius 2 is 2.05 bits per heavy atom. The molecule has 4 nitrogen and oxygen atoms in total. The predicted octanol–water partition coefficient (Wildman–Crippen LogP) is 1.72. The third kappa shape index (κ3) is 2.17. The first kappa shape index (κ1) is 13.4. The highest BCUT2D eigenvalue weighted by molar-refractivity contribution is 5.88. The van der Waals surface area contributed by atoms with Gasteiger partial charge in [-0.3, -0.25) is 14.2 Å². The lowest BCUT2D eigenvalue weighted by molar-refractivity contribution is -0.134. The van der Waals surface area contributed by atoms with Gasteiger partial charge >= 0.3 is 0 Å². The van der Waals surface area contributed by atoms with Crippen molar-refractivity contribution in [3.63, 3.8) is 0 Å². The van der Waals surface area contributed by atoms with E-state index in [0.717, 1.165) is 4.57 Å². The molecule has 1 aromatic heterocycles. The molecule has 0 aliphatic carbocycles. The van der Waals surface area contributed by atoms with Crippen molar-refractivity contribution in [3.8, 4) is 0 Å². The summed E-state index contributed by atoms with van der Waals surface area (Å²) >= 11 is 0. The van der Waals surface area contributed by atoms with Crippen LogP contribution in [0.5, 0.6) is 0 Å². The van der Waals surface area contributed by atoms with Gasteiger partial charge in [0.2, 0.25) is 0 Å². The quantitative estimate of drug-likeness (QED) is 0.917. The Hall–Kier alpha value is -2.01. The molecular weight excluding hydrogens is 249 g/mol. The van der Waals surface area contributed by atoms with Crippen molar-refractivity contribution in [2.24, 2.45) is 0 Å². The molecule has 0 aliphatic heterocycles. The van der Waals surface area contributed by atoms with Gasteiger partial charge in [-0.05, 0) is 43.0 Å². The number of carbonyl (C=O) groups excluding carboxylic acids is 1. The molecule has 0 amide bonds. The molecule has 1 N–H and O–H groups in total. The standard InChI is InChI=1S/C14H14FNO3/c1-9(17)14(2,19)11-4-5-12-10(7-11)3-6-13(18)16(12)8-15/h3-7,19H,8H2,1-2H3. The van der Waals surface area contributed by atoms with Gasteiger partial charge in [-0.15, -0.1) is 0 Å². The van der Waals surface area contributed by atoms with E-state index in [1.165, 1.54) is 32.0 Å². The minimum absolute atomic E-state index is 0.384. The molecule has 19 heavy (non-hydrogen) atoms. The summed E-state index contributed by atoms with van der Waals surface area (Å²) in [5, 5.41) is 10.7. The van der Waals surface area contributed by atoms with Crippen LogP contribution in [-0.4, -0.2) is 15.5 Å². The van der Waals surface area contributed by atoms with E-state index in [-0.39, 0.29) is 5.78 Å². The van der Waals surface area contributed by atoms with E-state index in [4.69, 9.17) is 0 Å². The molecule has 100 valence electrons. The molecule has 1 heterocycles. The van der Waals surface area contributed by atoms with Crippen molar-refractivity contribution >= 4 is 16.7 Å². The van der Waals surface area contributed by atoms with Gasteiger partial charge in [0.15, 0.2) is 12.6 Å². The minimum atomic E-state index is -1.59. The normalized spacial score (nSPS) is 14.3. The highest BCUT2D eigenvalue weighted by atomic mass is 19.1. The monoisotopic (exact) mass is 263 g/mol. The molecule has 0 radical (unpaired) electrons. The molecule has 2 aromatic rings. The highest BCUT2D eigenvalue weighted by Crippen LogP contribution is 2.25. The molecule has 0 aliphatic rings. The number of nitrogens with zero attached hydrogens (tertiary/aromatic N) is 1. The number of aromatic nitrogens is 1. The van der Waals surface area contributed by atoms with Crippen molar-refractivity contribution in [3.05, 3.63) is 46.2 Å². The van der Waals surface area contributed by atoms with Crippen molar-refractivity contribution in [1.29, 1.82) is 0 Å². The summed E-state index contributed by atoms with van der Waals surface area (Å²) in [4.78, 5) is 22.9. The summed E-state index contributed by atoms with van der Waals surface area (Å²) in [5.41, 5.74) is -1.18. The topological polar surface area (TPSA) is 59.3 Å². The van der Waals surface area contributed by atoms with Crippen molar-refractivity contribution in [2.45, 2.75) is 26.2 Å². The van der Waals surface area contributed by atoms with Gasteiger partial charge in [0.1, 0.15) is 5.60 Å². The number of ketones is 1. The van der Waals surface area contributed by atoms with Crippen LogP contribution in [0.4, 0.5) is 4.39 Å². The van der Waals surface area contributed by atoms with Gasteiger partial charge in [0, 0.05) is 6.07 Å². The number of aliphatic hydroxyl groups is 1. The summed E-state index contributed by atoms with van der Waals surface area (Å²) in [6, 6.07) is 7.44. The third-order valence-corrected chi connectivity index (χ3v) is 3.36. The highest BCUT2D eigenvalue weighted by Gasteiger charge is 2.28. The minimum Gasteiger partial charge on any atom is -0.378 e. The van der Waals surface area contributed by atoms with Crippen LogP contribution in [0, 0.1) is 0 Å². The molecule has 0 bridgehead atoms. The maximum absolute atomic E-state index is 12.8. The van der Waals surface area contributed by atoms with Gasteiger partial charge in [-0.1, -0.05) is 6.07 Å². The SMILES string of the molecule is CC(=O)C(C)(O)c1ccc2c(ccc(=O)n2CF)c1. The van der Waals surface area contributed by atoms with Crippen LogP contribution in [0.3, 0.4) is 0 Å². The summed E-state index contributed by atoms with van der Waals surface area (Å²) in [7, 11) is 0. The van der Waals surface area contributed by atoms with Crippen LogP contribution in [0.25, 0.3) is 10.9 Å². The second-order valence-corrected chi connectivity index (χ2v) is 4.62. The Labute approximate surface area is 109 Å². The fourth-order valence-corrected chi connectivity index (χ4v) is 1.93. The number of fused-ring (bicyclic) bond motifs is 1. The fourth-order valence-electron chi connectivity index (χ4n) is 1.93. The Morgan fingerprint density at radius 3 is 2.63 bits per heavy atom. The lowest BCUT2D eigenvalue weighted by atomic mass is 9.91. The Kier molecular flexibility index (Phi) is 3.24. The van der Waals surface area contributed by atoms with E-state index < -0.39 is 18.0 Å². The number of rotatable bonds is 3. The van der Waals surface area contributed by atoms with E-state index in [9.17, 15) is 19.1 Å². The first-order valence-corrected chi connectivity index (χ1v) is 5.81. The zero-order chi connectivity index (χ0) is 14.2. The number of hydrogen-bond donors (Lipinski definition) is 1. The fraction of sp³-hybridized carbons (Fsp3) is 0.286. The number of pyridine rings is 1. The molecule has 0 saturated carbocycles. The average molecular weight is 263 g/mol. The first-order valence-electron chi connectivity index (χ1n) is 5.81. The zero-order valence-corrected chi connectivity index (χ0v) is 10.7.